The van der Waals surface area contributed by atoms with Gasteiger partial charge in [-0.2, -0.15) is 0 Å². The van der Waals surface area contributed by atoms with Crippen molar-refractivity contribution in [3.63, 3.8) is 0 Å². The van der Waals surface area contributed by atoms with E-state index in [2.05, 4.69) is 16.8 Å². The molecule has 1 aromatic heterocycles. The van der Waals surface area contributed by atoms with E-state index in [1.165, 1.54) is 11.3 Å². The normalized spacial score (nSPS) is 28.4. The zero-order valence-corrected chi connectivity index (χ0v) is 9.33. The van der Waals surface area contributed by atoms with Crippen LogP contribution in [0.25, 0.3) is 0 Å². The number of likely N-dealkylation sites (tertiary alicyclic amines) is 1. The molecule has 0 saturated carbocycles. The highest BCUT2D eigenvalue weighted by Crippen LogP contribution is 2.24. The monoisotopic (exact) mass is 211 g/mol. The molecule has 0 amide bonds. The van der Waals surface area contributed by atoms with Crippen molar-refractivity contribution >= 4 is 11.3 Å². The Hall–Kier alpha value is -0.450. The molecular formula is C10H17N3S. The molecular weight excluding hydrogens is 194 g/mol. The summed E-state index contributed by atoms with van der Waals surface area (Å²) in [5.74, 6) is 0.693. The largest absolute Gasteiger partial charge is 0.330 e. The Morgan fingerprint density at radius 3 is 3.14 bits per heavy atom. The third-order valence-electron chi connectivity index (χ3n) is 2.97. The van der Waals surface area contributed by atoms with Gasteiger partial charge in [-0.25, -0.2) is 0 Å². The maximum Gasteiger partial charge on any atom is 0.0794 e. The second-order valence-electron chi connectivity index (χ2n) is 4.08. The number of hydrogen-bond donors (Lipinski definition) is 1. The summed E-state index contributed by atoms with van der Waals surface area (Å²) in [5.41, 5.74) is 7.59. The van der Waals surface area contributed by atoms with Gasteiger partial charge < -0.3 is 5.73 Å². The van der Waals surface area contributed by atoms with Crippen LogP contribution < -0.4 is 5.73 Å². The second kappa shape index (κ2) is 4.38. The molecule has 0 radical (unpaired) electrons. The van der Waals surface area contributed by atoms with E-state index in [4.69, 9.17) is 5.73 Å². The molecule has 0 aromatic carbocycles. The summed E-state index contributed by atoms with van der Waals surface area (Å²) < 4.78 is 0. The lowest BCUT2D eigenvalue weighted by atomic mass is 10.1. The van der Waals surface area contributed by atoms with Crippen LogP contribution in [-0.2, 0) is 6.54 Å². The van der Waals surface area contributed by atoms with Crippen LogP contribution in [0.5, 0.6) is 0 Å². The number of nitrogens with two attached hydrogens (primary N) is 1. The van der Waals surface area contributed by atoms with Crippen molar-refractivity contribution in [1.29, 1.82) is 0 Å². The summed E-state index contributed by atoms with van der Waals surface area (Å²) in [5, 5.41) is 0. The van der Waals surface area contributed by atoms with Crippen molar-refractivity contribution < 1.29 is 0 Å². The number of thiazole rings is 1. The van der Waals surface area contributed by atoms with Gasteiger partial charge in [-0.15, -0.1) is 11.3 Å². The molecule has 14 heavy (non-hydrogen) atoms. The molecule has 1 aliphatic heterocycles. The molecule has 2 unspecified atom stereocenters. The molecule has 1 saturated heterocycles. The quantitative estimate of drug-likeness (QED) is 0.819. The SMILES string of the molecule is CC1CC(CN)CN1Cc1cncs1. The van der Waals surface area contributed by atoms with Crippen molar-refractivity contribution in [2.45, 2.75) is 25.9 Å². The Kier molecular flexibility index (Phi) is 3.15. The lowest BCUT2D eigenvalue weighted by Crippen LogP contribution is -2.26. The Balaban J connectivity index is 1.93. The first-order chi connectivity index (χ1) is 6.79. The number of hydrogen-bond acceptors (Lipinski definition) is 4. The summed E-state index contributed by atoms with van der Waals surface area (Å²) in [4.78, 5) is 7.96. The molecule has 1 fully saturated rings. The highest BCUT2D eigenvalue weighted by atomic mass is 32.1. The zero-order valence-electron chi connectivity index (χ0n) is 8.52. The molecule has 0 aliphatic carbocycles. The van der Waals surface area contributed by atoms with Crippen LogP contribution >= 0.6 is 11.3 Å². The Morgan fingerprint density at radius 2 is 2.57 bits per heavy atom. The van der Waals surface area contributed by atoms with Gasteiger partial charge in [0, 0.05) is 30.2 Å². The first-order valence-corrected chi connectivity index (χ1v) is 5.99. The maximum atomic E-state index is 5.70. The molecule has 2 atom stereocenters. The predicted octanol–water partition coefficient (Wildman–Crippen LogP) is 1.31. The fourth-order valence-corrected chi connectivity index (χ4v) is 2.75. The molecule has 78 valence electrons. The Bertz CT molecular complexity index is 273. The topological polar surface area (TPSA) is 42.1 Å². The number of rotatable bonds is 3. The van der Waals surface area contributed by atoms with Gasteiger partial charge in [-0.3, -0.25) is 9.88 Å². The van der Waals surface area contributed by atoms with Crippen LogP contribution in [-0.4, -0.2) is 29.0 Å². The maximum absolute atomic E-state index is 5.70. The van der Waals surface area contributed by atoms with Gasteiger partial charge in [0.05, 0.1) is 5.51 Å². The Morgan fingerprint density at radius 1 is 1.71 bits per heavy atom. The van der Waals surface area contributed by atoms with Crippen LogP contribution in [0.1, 0.15) is 18.2 Å². The molecule has 0 spiro atoms. The molecule has 4 heteroatoms. The van der Waals surface area contributed by atoms with Crippen molar-refractivity contribution in [2.24, 2.45) is 11.7 Å². The number of aromatic nitrogens is 1. The third-order valence-corrected chi connectivity index (χ3v) is 3.73. The van der Waals surface area contributed by atoms with E-state index < -0.39 is 0 Å². The van der Waals surface area contributed by atoms with Crippen LogP contribution in [0.2, 0.25) is 0 Å². The molecule has 2 heterocycles. The summed E-state index contributed by atoms with van der Waals surface area (Å²) in [7, 11) is 0. The van der Waals surface area contributed by atoms with E-state index >= 15 is 0 Å². The first kappa shape index (κ1) is 10.1. The molecule has 1 aromatic rings. The smallest absolute Gasteiger partial charge is 0.0794 e. The van der Waals surface area contributed by atoms with E-state index in [-0.39, 0.29) is 0 Å². The van der Waals surface area contributed by atoms with E-state index in [9.17, 15) is 0 Å². The van der Waals surface area contributed by atoms with Crippen molar-refractivity contribution in [1.82, 2.24) is 9.88 Å². The van der Waals surface area contributed by atoms with Crippen LogP contribution in [0.3, 0.4) is 0 Å². The molecule has 1 aliphatic rings. The van der Waals surface area contributed by atoms with Crippen LogP contribution in [0.15, 0.2) is 11.7 Å². The van der Waals surface area contributed by atoms with E-state index in [1.807, 2.05) is 11.7 Å². The van der Waals surface area contributed by atoms with Crippen LogP contribution in [0, 0.1) is 5.92 Å². The summed E-state index contributed by atoms with van der Waals surface area (Å²) in [6.45, 7) is 5.30. The summed E-state index contributed by atoms with van der Waals surface area (Å²) >= 11 is 1.74. The predicted molar refractivity (Wildman–Crippen MR) is 59.1 cm³/mol. The Labute approximate surface area is 88.9 Å². The van der Waals surface area contributed by atoms with Crippen molar-refractivity contribution in [3.05, 3.63) is 16.6 Å². The highest BCUT2D eigenvalue weighted by molar-refractivity contribution is 7.09. The third kappa shape index (κ3) is 2.13. The average molecular weight is 211 g/mol. The highest BCUT2D eigenvalue weighted by Gasteiger charge is 2.27. The average Bonchev–Trinajstić information content (AvgIpc) is 2.78. The summed E-state index contributed by atoms with van der Waals surface area (Å²) in [6.07, 6.45) is 3.21. The lowest BCUT2D eigenvalue weighted by molar-refractivity contribution is 0.258. The van der Waals surface area contributed by atoms with Gasteiger partial charge in [0.25, 0.3) is 0 Å². The molecule has 2 N–H and O–H groups in total. The fourth-order valence-electron chi connectivity index (χ4n) is 2.13. The molecule has 0 bridgehead atoms. The fraction of sp³-hybridized carbons (Fsp3) is 0.700. The summed E-state index contributed by atoms with van der Waals surface area (Å²) in [6, 6.07) is 0.672. The minimum Gasteiger partial charge on any atom is -0.330 e. The zero-order chi connectivity index (χ0) is 9.97. The molecule has 3 nitrogen and oxygen atoms in total. The van der Waals surface area contributed by atoms with Gasteiger partial charge in [-0.1, -0.05) is 0 Å². The minimum atomic E-state index is 0.672. The van der Waals surface area contributed by atoms with Crippen molar-refractivity contribution in [3.8, 4) is 0 Å². The van der Waals surface area contributed by atoms with E-state index in [0.717, 1.165) is 19.6 Å². The lowest BCUT2D eigenvalue weighted by Gasteiger charge is -2.19. The van der Waals surface area contributed by atoms with Gasteiger partial charge >= 0.3 is 0 Å². The minimum absolute atomic E-state index is 0.672. The second-order valence-corrected chi connectivity index (χ2v) is 5.05. The number of nitrogens with zero attached hydrogens (tertiary/aromatic N) is 2. The van der Waals surface area contributed by atoms with Gasteiger partial charge in [-0.05, 0) is 25.8 Å². The van der Waals surface area contributed by atoms with E-state index in [1.54, 1.807) is 11.3 Å². The molecule has 2 rings (SSSR count). The van der Waals surface area contributed by atoms with Gasteiger partial charge in [0.2, 0.25) is 0 Å². The van der Waals surface area contributed by atoms with Gasteiger partial charge in [0.15, 0.2) is 0 Å². The van der Waals surface area contributed by atoms with Crippen LogP contribution in [0.4, 0.5) is 0 Å². The van der Waals surface area contributed by atoms with Gasteiger partial charge in [0.1, 0.15) is 0 Å². The van der Waals surface area contributed by atoms with E-state index in [0.29, 0.717) is 12.0 Å². The van der Waals surface area contributed by atoms with Crippen molar-refractivity contribution in [2.75, 3.05) is 13.1 Å². The first-order valence-electron chi connectivity index (χ1n) is 5.11. The standard InChI is InChI=1S/C10H17N3S/c1-8-2-9(3-11)5-13(8)6-10-4-12-7-14-10/h4,7-9H,2-3,5-6,11H2,1H3.